The van der Waals surface area contributed by atoms with Crippen molar-refractivity contribution in [3.8, 4) is 0 Å². The third-order valence-corrected chi connectivity index (χ3v) is 4.65. The smallest absolute Gasteiger partial charge is 0.0743 e. The Balaban J connectivity index is 2.08. The summed E-state index contributed by atoms with van der Waals surface area (Å²) in [7, 11) is 0. The molecule has 1 aromatic carbocycles. The Kier molecular flexibility index (Phi) is 2.72. The molecule has 92 valence electrons. The van der Waals surface area contributed by atoms with Crippen molar-refractivity contribution in [3.05, 3.63) is 35.4 Å². The molecule has 0 radical (unpaired) electrons. The molecular weight excluding hydrogens is 212 g/mol. The second-order valence-electron chi connectivity index (χ2n) is 5.59. The van der Waals surface area contributed by atoms with Gasteiger partial charge in [0.2, 0.25) is 0 Å². The predicted octanol–water partition coefficient (Wildman–Crippen LogP) is 2.55. The predicted molar refractivity (Wildman–Crippen MR) is 67.0 cm³/mol. The first kappa shape index (κ1) is 11.2. The Bertz CT molecular complexity index is 415. The Morgan fingerprint density at radius 2 is 1.94 bits per heavy atom. The van der Waals surface area contributed by atoms with Gasteiger partial charge in [-0.05, 0) is 42.7 Å². The first-order chi connectivity index (χ1) is 8.24. The fourth-order valence-corrected chi connectivity index (χ4v) is 3.89. The van der Waals surface area contributed by atoms with E-state index in [1.807, 2.05) is 0 Å². The third kappa shape index (κ3) is 1.71. The number of benzene rings is 1. The molecule has 3 aliphatic rings. The van der Waals surface area contributed by atoms with Gasteiger partial charge in [0.1, 0.15) is 0 Å². The van der Waals surface area contributed by atoms with Gasteiger partial charge >= 0.3 is 0 Å². The standard InChI is InChI=1S/C15H20O2/c16-9-8-15(17)10-11-4-3-7-14(15)13-6-2-1-5-12(11)13/h1-2,5-6,11,14,16-17H,3-4,7-10H2. The molecule has 0 aromatic heterocycles. The largest absolute Gasteiger partial charge is 0.396 e. The zero-order valence-electron chi connectivity index (χ0n) is 10.1. The van der Waals surface area contributed by atoms with Crippen molar-refractivity contribution < 1.29 is 10.2 Å². The molecule has 2 bridgehead atoms. The number of hydrogen-bond donors (Lipinski definition) is 2. The second kappa shape index (κ2) is 4.11. The summed E-state index contributed by atoms with van der Waals surface area (Å²) >= 11 is 0. The minimum Gasteiger partial charge on any atom is -0.396 e. The number of rotatable bonds is 2. The van der Waals surface area contributed by atoms with Gasteiger partial charge in [-0.1, -0.05) is 30.7 Å². The van der Waals surface area contributed by atoms with Gasteiger partial charge in [-0.25, -0.2) is 0 Å². The highest BCUT2D eigenvalue weighted by Gasteiger charge is 2.46. The Morgan fingerprint density at radius 3 is 2.71 bits per heavy atom. The summed E-state index contributed by atoms with van der Waals surface area (Å²) in [5.74, 6) is 0.714. The van der Waals surface area contributed by atoms with Crippen LogP contribution in [0.15, 0.2) is 24.3 Å². The van der Waals surface area contributed by atoms with E-state index >= 15 is 0 Å². The van der Waals surface area contributed by atoms with Crippen LogP contribution < -0.4 is 0 Å². The molecule has 0 heterocycles. The SMILES string of the molecule is OCCC1(O)CC2CCCC1c1ccccc12. The van der Waals surface area contributed by atoms with E-state index in [4.69, 9.17) is 0 Å². The Morgan fingerprint density at radius 1 is 1.18 bits per heavy atom. The zero-order chi connectivity index (χ0) is 11.9. The summed E-state index contributed by atoms with van der Waals surface area (Å²) in [6.07, 6.45) is 4.78. The monoisotopic (exact) mass is 232 g/mol. The van der Waals surface area contributed by atoms with E-state index in [-0.39, 0.29) is 12.5 Å². The van der Waals surface area contributed by atoms with Crippen molar-refractivity contribution in [1.29, 1.82) is 0 Å². The van der Waals surface area contributed by atoms with Crippen molar-refractivity contribution in [2.45, 2.75) is 49.5 Å². The van der Waals surface area contributed by atoms with Crippen LogP contribution in [0.3, 0.4) is 0 Å². The van der Waals surface area contributed by atoms with E-state index in [2.05, 4.69) is 24.3 Å². The number of hydrogen-bond acceptors (Lipinski definition) is 2. The van der Waals surface area contributed by atoms with Crippen LogP contribution in [0.2, 0.25) is 0 Å². The normalized spacial score (nSPS) is 35.4. The molecule has 1 saturated carbocycles. The molecule has 1 fully saturated rings. The van der Waals surface area contributed by atoms with E-state index in [0.717, 1.165) is 12.8 Å². The van der Waals surface area contributed by atoms with Crippen LogP contribution >= 0.6 is 0 Å². The maximum Gasteiger partial charge on any atom is 0.0743 e. The van der Waals surface area contributed by atoms with Gasteiger partial charge in [0.15, 0.2) is 0 Å². The first-order valence-electron chi connectivity index (χ1n) is 6.67. The molecule has 1 aromatic rings. The molecule has 2 heteroatoms. The van der Waals surface area contributed by atoms with Gasteiger partial charge in [-0.3, -0.25) is 0 Å². The highest BCUT2D eigenvalue weighted by atomic mass is 16.3. The van der Waals surface area contributed by atoms with Crippen molar-refractivity contribution in [3.63, 3.8) is 0 Å². The molecule has 4 rings (SSSR count). The lowest BCUT2D eigenvalue weighted by molar-refractivity contribution is -0.0253. The van der Waals surface area contributed by atoms with Crippen LogP contribution in [-0.4, -0.2) is 22.4 Å². The van der Waals surface area contributed by atoms with E-state index in [1.165, 1.54) is 24.0 Å². The van der Waals surface area contributed by atoms with Gasteiger partial charge < -0.3 is 10.2 Å². The summed E-state index contributed by atoms with van der Waals surface area (Å²) in [6.45, 7) is 0.0852. The number of aliphatic hydroxyl groups is 2. The molecule has 3 aliphatic carbocycles. The summed E-state index contributed by atoms with van der Waals surface area (Å²) < 4.78 is 0. The van der Waals surface area contributed by atoms with E-state index < -0.39 is 5.60 Å². The molecule has 3 atom stereocenters. The molecule has 0 aliphatic heterocycles. The molecule has 0 saturated heterocycles. The third-order valence-electron chi connectivity index (χ3n) is 4.65. The summed E-state index contributed by atoms with van der Waals surface area (Å²) in [5.41, 5.74) is 2.10. The zero-order valence-corrected chi connectivity index (χ0v) is 10.1. The second-order valence-corrected chi connectivity index (χ2v) is 5.59. The van der Waals surface area contributed by atoms with Crippen molar-refractivity contribution in [1.82, 2.24) is 0 Å². The molecule has 3 unspecified atom stereocenters. The van der Waals surface area contributed by atoms with Crippen LogP contribution in [0.25, 0.3) is 0 Å². The van der Waals surface area contributed by atoms with Gasteiger partial charge in [0.05, 0.1) is 5.60 Å². The minimum absolute atomic E-state index is 0.0852. The van der Waals surface area contributed by atoms with Crippen LogP contribution in [0, 0.1) is 0 Å². The first-order valence-corrected chi connectivity index (χ1v) is 6.67. The minimum atomic E-state index is -0.676. The number of fused-ring (bicyclic) bond motifs is 3. The van der Waals surface area contributed by atoms with Gasteiger partial charge in [0, 0.05) is 12.5 Å². The Labute approximate surface area is 102 Å². The van der Waals surface area contributed by atoms with E-state index in [9.17, 15) is 10.2 Å². The van der Waals surface area contributed by atoms with Crippen molar-refractivity contribution in [2.24, 2.45) is 0 Å². The topological polar surface area (TPSA) is 40.5 Å². The molecule has 2 N–H and O–H groups in total. The van der Waals surface area contributed by atoms with Gasteiger partial charge in [-0.15, -0.1) is 0 Å². The van der Waals surface area contributed by atoms with Gasteiger partial charge in [0.25, 0.3) is 0 Å². The maximum absolute atomic E-state index is 10.8. The van der Waals surface area contributed by atoms with Crippen LogP contribution in [-0.2, 0) is 0 Å². The fourth-order valence-electron chi connectivity index (χ4n) is 3.89. The summed E-state index contributed by atoms with van der Waals surface area (Å²) in [4.78, 5) is 0. The highest BCUT2D eigenvalue weighted by molar-refractivity contribution is 5.39. The quantitative estimate of drug-likeness (QED) is 0.822. The summed E-state index contributed by atoms with van der Waals surface area (Å²) in [6, 6.07) is 8.56. The lowest BCUT2D eigenvalue weighted by Crippen LogP contribution is -2.41. The Hall–Kier alpha value is -0.860. The molecule has 2 nitrogen and oxygen atoms in total. The van der Waals surface area contributed by atoms with Crippen LogP contribution in [0.5, 0.6) is 0 Å². The van der Waals surface area contributed by atoms with Gasteiger partial charge in [-0.2, -0.15) is 0 Å². The molecule has 0 spiro atoms. The summed E-state index contributed by atoms with van der Waals surface area (Å²) in [5, 5.41) is 20.0. The van der Waals surface area contributed by atoms with E-state index in [0.29, 0.717) is 12.3 Å². The lowest BCUT2D eigenvalue weighted by atomic mass is 9.67. The maximum atomic E-state index is 10.8. The van der Waals surface area contributed by atoms with E-state index in [1.54, 1.807) is 0 Å². The lowest BCUT2D eigenvalue weighted by Gasteiger charge is -2.42. The fraction of sp³-hybridized carbons (Fsp3) is 0.600. The average molecular weight is 232 g/mol. The van der Waals surface area contributed by atoms with Crippen molar-refractivity contribution >= 4 is 0 Å². The molecular formula is C15H20O2. The van der Waals surface area contributed by atoms with Crippen LogP contribution in [0.1, 0.15) is 55.1 Å². The van der Waals surface area contributed by atoms with Crippen LogP contribution in [0.4, 0.5) is 0 Å². The molecule has 17 heavy (non-hydrogen) atoms. The average Bonchev–Trinajstić information content (AvgIpc) is 2.60. The molecule has 0 amide bonds. The van der Waals surface area contributed by atoms with Crippen molar-refractivity contribution in [2.75, 3.05) is 6.61 Å². The number of aliphatic hydroxyl groups excluding tert-OH is 1. The highest BCUT2D eigenvalue weighted by Crippen LogP contribution is 2.53.